The molecule has 1 aliphatic rings. The Morgan fingerprint density at radius 3 is 2.55 bits per heavy atom. The third kappa shape index (κ3) is 3.57. The number of carbonyl (C=O) groups is 1. The molecule has 0 aromatic heterocycles. The topological polar surface area (TPSA) is 23.6 Å². The molecule has 1 amide bonds. The van der Waals surface area contributed by atoms with E-state index in [0.717, 1.165) is 42.0 Å². The first-order valence-corrected chi connectivity index (χ1v) is 8.28. The van der Waals surface area contributed by atoms with Crippen molar-refractivity contribution in [2.24, 2.45) is 0 Å². The Labute approximate surface area is 134 Å². The van der Waals surface area contributed by atoms with Gasteiger partial charge in [0.25, 0.3) is 5.91 Å². The lowest BCUT2D eigenvalue weighted by Gasteiger charge is -2.38. The molecule has 5 heteroatoms. The fraction of sp³-hybridized carbons (Fsp3) is 0.533. The molecule has 0 spiro atoms. The number of benzene rings is 1. The van der Waals surface area contributed by atoms with E-state index in [-0.39, 0.29) is 5.91 Å². The first-order chi connectivity index (χ1) is 9.52. The van der Waals surface area contributed by atoms with Gasteiger partial charge in [-0.05, 0) is 31.5 Å². The van der Waals surface area contributed by atoms with E-state index in [1.807, 2.05) is 23.1 Å². The third-order valence-corrected chi connectivity index (χ3v) is 4.87. The Hall–Kier alpha value is -0.520. The van der Waals surface area contributed by atoms with Gasteiger partial charge in [0.05, 0.1) is 5.56 Å². The van der Waals surface area contributed by atoms with Crippen LogP contribution >= 0.6 is 28.6 Å². The summed E-state index contributed by atoms with van der Waals surface area (Å²) in [6.45, 7) is 7.96. The lowest BCUT2D eigenvalue weighted by molar-refractivity contribution is 0.0576. The Morgan fingerprint density at radius 1 is 1.35 bits per heavy atom. The molecule has 1 heterocycles. The first kappa shape index (κ1) is 15.9. The maximum atomic E-state index is 12.5. The Morgan fingerprint density at radius 2 is 2.00 bits per heavy atom. The Kier molecular flexibility index (Phi) is 5.52. The molecule has 1 aromatic carbocycles. The fourth-order valence-corrected chi connectivity index (χ4v) is 3.33. The smallest absolute Gasteiger partial charge is 0.255 e. The van der Waals surface area contributed by atoms with Crippen molar-refractivity contribution in [3.8, 4) is 0 Å². The summed E-state index contributed by atoms with van der Waals surface area (Å²) in [5, 5.41) is 0. The Bertz CT molecular complexity index is 487. The number of piperazine rings is 1. The van der Waals surface area contributed by atoms with Crippen molar-refractivity contribution in [2.75, 3.05) is 26.2 Å². The van der Waals surface area contributed by atoms with Crippen LogP contribution in [0.3, 0.4) is 0 Å². The lowest BCUT2D eigenvalue weighted by atomic mass is 10.1. The normalized spacial score (nSPS) is 18.1. The van der Waals surface area contributed by atoms with Gasteiger partial charge < -0.3 is 4.90 Å². The fourth-order valence-electron chi connectivity index (χ4n) is 2.48. The number of hydrogen-bond donors (Lipinski definition) is 1. The summed E-state index contributed by atoms with van der Waals surface area (Å²) in [7, 11) is 0. The number of hydrogen-bond acceptors (Lipinski definition) is 3. The van der Waals surface area contributed by atoms with Crippen molar-refractivity contribution in [1.29, 1.82) is 0 Å². The number of carbonyl (C=O) groups excluding carboxylic acids is 1. The van der Waals surface area contributed by atoms with E-state index in [1.54, 1.807) is 0 Å². The van der Waals surface area contributed by atoms with Gasteiger partial charge in [-0.3, -0.25) is 9.69 Å². The van der Waals surface area contributed by atoms with Crippen LogP contribution in [0.4, 0.5) is 0 Å². The van der Waals surface area contributed by atoms with Gasteiger partial charge in [-0.25, -0.2) is 0 Å². The number of halogens is 1. The second-order valence-electron chi connectivity index (χ2n) is 5.25. The zero-order valence-corrected chi connectivity index (χ0v) is 14.5. The molecule has 3 nitrogen and oxygen atoms in total. The molecule has 1 saturated heterocycles. The highest BCUT2D eigenvalue weighted by Crippen LogP contribution is 2.22. The van der Waals surface area contributed by atoms with Crippen LogP contribution < -0.4 is 0 Å². The average molecular weight is 357 g/mol. The molecule has 1 fully saturated rings. The van der Waals surface area contributed by atoms with Crippen molar-refractivity contribution in [3.63, 3.8) is 0 Å². The summed E-state index contributed by atoms with van der Waals surface area (Å²) >= 11 is 7.80. The number of nitrogens with zero attached hydrogens (tertiary/aromatic N) is 2. The van der Waals surface area contributed by atoms with Crippen molar-refractivity contribution >= 4 is 34.5 Å². The zero-order chi connectivity index (χ0) is 14.7. The summed E-state index contributed by atoms with van der Waals surface area (Å²) in [6, 6.07) is 6.20. The van der Waals surface area contributed by atoms with Gasteiger partial charge >= 0.3 is 0 Å². The van der Waals surface area contributed by atoms with Crippen LogP contribution in [0.2, 0.25) is 0 Å². The molecule has 1 aliphatic heterocycles. The Balaban J connectivity index is 2.01. The van der Waals surface area contributed by atoms with Crippen molar-refractivity contribution in [2.45, 2.75) is 31.2 Å². The van der Waals surface area contributed by atoms with Gasteiger partial charge in [0.2, 0.25) is 0 Å². The van der Waals surface area contributed by atoms with Gasteiger partial charge in [0, 0.05) is 41.6 Å². The van der Waals surface area contributed by atoms with Crippen LogP contribution in [0, 0.1) is 0 Å². The van der Waals surface area contributed by atoms with Gasteiger partial charge in [0.15, 0.2) is 0 Å². The highest BCUT2D eigenvalue weighted by atomic mass is 79.9. The maximum absolute atomic E-state index is 12.5. The second-order valence-corrected chi connectivity index (χ2v) is 6.64. The summed E-state index contributed by atoms with van der Waals surface area (Å²) in [6.07, 6.45) is 1.15. The van der Waals surface area contributed by atoms with Crippen LogP contribution in [-0.4, -0.2) is 47.9 Å². The largest absolute Gasteiger partial charge is 0.336 e. The molecule has 0 N–H and O–H groups in total. The van der Waals surface area contributed by atoms with E-state index in [9.17, 15) is 4.79 Å². The van der Waals surface area contributed by atoms with Crippen molar-refractivity contribution in [3.05, 3.63) is 28.2 Å². The van der Waals surface area contributed by atoms with Gasteiger partial charge in [-0.1, -0.05) is 22.9 Å². The van der Waals surface area contributed by atoms with Gasteiger partial charge in [-0.2, -0.15) is 0 Å². The predicted octanol–water partition coefficient (Wildman–Crippen LogP) is 3.29. The third-order valence-electron chi connectivity index (χ3n) is 4.01. The minimum atomic E-state index is 0.0892. The van der Waals surface area contributed by atoms with Crippen molar-refractivity contribution < 1.29 is 4.79 Å². The number of rotatable bonds is 3. The minimum Gasteiger partial charge on any atom is -0.336 e. The number of thiol groups is 1. The lowest BCUT2D eigenvalue weighted by Crippen LogP contribution is -2.51. The molecular formula is C15H21BrN2OS. The monoisotopic (exact) mass is 356 g/mol. The molecule has 2 rings (SSSR count). The first-order valence-electron chi connectivity index (χ1n) is 7.04. The molecule has 0 saturated carbocycles. The predicted molar refractivity (Wildman–Crippen MR) is 88.6 cm³/mol. The molecular weight excluding hydrogens is 336 g/mol. The second kappa shape index (κ2) is 6.96. The van der Waals surface area contributed by atoms with E-state index >= 15 is 0 Å². The molecule has 110 valence electrons. The number of amides is 1. The van der Waals surface area contributed by atoms with Crippen LogP contribution in [0.25, 0.3) is 0 Å². The van der Waals surface area contributed by atoms with Gasteiger partial charge in [0.1, 0.15) is 0 Å². The SMILES string of the molecule is CCC(C)N1CCN(C(=O)c2ccc(Br)cc2S)CC1. The molecule has 0 bridgehead atoms. The van der Waals surface area contributed by atoms with Crippen LogP contribution in [0.5, 0.6) is 0 Å². The quantitative estimate of drug-likeness (QED) is 0.840. The van der Waals surface area contributed by atoms with Crippen molar-refractivity contribution in [1.82, 2.24) is 9.80 Å². The summed E-state index contributed by atoms with van der Waals surface area (Å²) in [5.74, 6) is 0.0892. The zero-order valence-electron chi connectivity index (χ0n) is 12.0. The van der Waals surface area contributed by atoms with Crippen LogP contribution in [0.1, 0.15) is 30.6 Å². The average Bonchev–Trinajstić information content (AvgIpc) is 2.46. The summed E-state index contributed by atoms with van der Waals surface area (Å²) in [5.41, 5.74) is 0.688. The molecule has 1 unspecified atom stereocenters. The summed E-state index contributed by atoms with van der Waals surface area (Å²) < 4.78 is 0.945. The minimum absolute atomic E-state index is 0.0892. The standard InChI is InChI=1S/C15H21BrN2OS/c1-3-11(2)17-6-8-18(9-7-17)15(19)13-5-4-12(16)10-14(13)20/h4-5,10-11,20H,3,6-9H2,1-2H3. The summed E-state index contributed by atoms with van der Waals surface area (Å²) in [4.78, 5) is 17.6. The van der Waals surface area contributed by atoms with Gasteiger partial charge in [-0.15, -0.1) is 12.6 Å². The van der Waals surface area contributed by atoms with Crippen LogP contribution in [-0.2, 0) is 0 Å². The molecule has 1 atom stereocenters. The molecule has 1 aromatic rings. The maximum Gasteiger partial charge on any atom is 0.255 e. The highest BCUT2D eigenvalue weighted by molar-refractivity contribution is 9.10. The molecule has 0 aliphatic carbocycles. The molecule has 20 heavy (non-hydrogen) atoms. The van der Waals surface area contributed by atoms with E-state index in [4.69, 9.17) is 0 Å². The van der Waals surface area contributed by atoms with E-state index in [1.165, 1.54) is 0 Å². The molecule has 0 radical (unpaired) electrons. The van der Waals surface area contributed by atoms with E-state index in [0.29, 0.717) is 11.6 Å². The van der Waals surface area contributed by atoms with E-state index < -0.39 is 0 Å². The van der Waals surface area contributed by atoms with Crippen LogP contribution in [0.15, 0.2) is 27.6 Å². The van der Waals surface area contributed by atoms with E-state index in [2.05, 4.69) is 47.3 Å². The highest BCUT2D eigenvalue weighted by Gasteiger charge is 2.24.